The second-order valence-electron chi connectivity index (χ2n) is 9.17. The third-order valence-electron chi connectivity index (χ3n) is 6.23. The highest BCUT2D eigenvalue weighted by molar-refractivity contribution is 5.78. The lowest BCUT2D eigenvalue weighted by atomic mass is 10.1. The first-order valence-corrected chi connectivity index (χ1v) is 12.5. The largest absolute Gasteiger partial charge is 0.461 e. The molecule has 0 fully saturated rings. The summed E-state index contributed by atoms with van der Waals surface area (Å²) < 4.78 is 8.23. The van der Waals surface area contributed by atoms with Crippen LogP contribution in [-0.2, 0) is 33.1 Å². The number of imidazole rings is 2. The van der Waals surface area contributed by atoms with E-state index in [1.54, 1.807) is 6.20 Å². The Morgan fingerprint density at radius 2 is 1.79 bits per heavy atom. The number of aromatic nitrogens is 4. The topological polar surface area (TPSA) is 66.1 Å². The standard InChI is InChI=1S/C27H38N6O/c1-4-13-32(14-5-2)15-6-7-24-18-23-17-22(8-9-25(23)34-24)19-33(20-26-28-10-11-29-26)21-27-30-12-16-31(27)3/h8-12,16-18H,4-7,13-15,19-21H2,1-3H3,(H,28,29). The van der Waals surface area contributed by atoms with E-state index in [4.69, 9.17) is 4.42 Å². The molecule has 4 rings (SSSR count). The average Bonchev–Trinajstić information content (AvgIpc) is 3.56. The Kier molecular flexibility index (Phi) is 8.55. The predicted molar refractivity (Wildman–Crippen MR) is 136 cm³/mol. The van der Waals surface area contributed by atoms with E-state index in [1.807, 2.05) is 25.6 Å². The number of furan rings is 1. The fourth-order valence-electron chi connectivity index (χ4n) is 4.59. The molecule has 3 heterocycles. The molecule has 0 spiro atoms. The molecule has 0 atom stereocenters. The minimum atomic E-state index is 0.737. The molecule has 0 amide bonds. The highest BCUT2D eigenvalue weighted by Crippen LogP contribution is 2.23. The number of aryl methyl sites for hydroxylation is 2. The fourth-order valence-corrected chi connectivity index (χ4v) is 4.59. The van der Waals surface area contributed by atoms with Crippen LogP contribution in [0.25, 0.3) is 11.0 Å². The molecule has 0 aliphatic carbocycles. The van der Waals surface area contributed by atoms with Crippen LogP contribution in [0, 0.1) is 0 Å². The molecule has 7 heteroatoms. The number of nitrogens with zero attached hydrogens (tertiary/aromatic N) is 5. The van der Waals surface area contributed by atoms with Crippen molar-refractivity contribution in [2.24, 2.45) is 7.05 Å². The highest BCUT2D eigenvalue weighted by Gasteiger charge is 2.14. The Labute approximate surface area is 202 Å². The van der Waals surface area contributed by atoms with Gasteiger partial charge in [0.1, 0.15) is 23.0 Å². The lowest BCUT2D eigenvalue weighted by molar-refractivity contribution is 0.233. The van der Waals surface area contributed by atoms with E-state index in [9.17, 15) is 0 Å². The van der Waals surface area contributed by atoms with Crippen LogP contribution < -0.4 is 0 Å². The summed E-state index contributed by atoms with van der Waals surface area (Å²) in [6.45, 7) is 10.3. The Balaban J connectivity index is 1.41. The zero-order chi connectivity index (χ0) is 23.8. The fraction of sp³-hybridized carbons (Fsp3) is 0.481. The molecule has 1 N–H and O–H groups in total. The Morgan fingerprint density at radius 3 is 2.50 bits per heavy atom. The van der Waals surface area contributed by atoms with Gasteiger partial charge in [0.05, 0.1) is 13.1 Å². The minimum absolute atomic E-state index is 0.737. The SMILES string of the molecule is CCCN(CCC)CCCc1cc2cc(CN(Cc3ncc[nH]3)Cc3nccn3C)ccc2o1. The van der Waals surface area contributed by atoms with E-state index in [2.05, 4.69) is 67.4 Å². The van der Waals surface area contributed by atoms with Crippen molar-refractivity contribution in [1.29, 1.82) is 0 Å². The monoisotopic (exact) mass is 462 g/mol. The van der Waals surface area contributed by atoms with Crippen LogP contribution in [-0.4, -0.2) is 49.0 Å². The first-order valence-electron chi connectivity index (χ1n) is 12.5. The highest BCUT2D eigenvalue weighted by atomic mass is 16.3. The van der Waals surface area contributed by atoms with E-state index >= 15 is 0 Å². The third-order valence-corrected chi connectivity index (χ3v) is 6.23. The summed E-state index contributed by atoms with van der Waals surface area (Å²) >= 11 is 0. The van der Waals surface area contributed by atoms with Gasteiger partial charge < -0.3 is 18.9 Å². The Bertz CT molecular complexity index is 1120. The lowest BCUT2D eigenvalue weighted by Crippen LogP contribution is -2.26. The molecule has 7 nitrogen and oxygen atoms in total. The minimum Gasteiger partial charge on any atom is -0.461 e. The second-order valence-corrected chi connectivity index (χ2v) is 9.17. The van der Waals surface area contributed by atoms with E-state index in [-0.39, 0.29) is 0 Å². The maximum Gasteiger partial charge on any atom is 0.134 e. The molecule has 0 aliphatic rings. The molecular formula is C27H38N6O. The maximum absolute atomic E-state index is 6.16. The van der Waals surface area contributed by atoms with Crippen LogP contribution in [0.15, 0.2) is 53.5 Å². The van der Waals surface area contributed by atoms with Gasteiger partial charge in [0.2, 0.25) is 0 Å². The van der Waals surface area contributed by atoms with Crippen LogP contribution in [0.4, 0.5) is 0 Å². The lowest BCUT2D eigenvalue weighted by Gasteiger charge is -2.21. The van der Waals surface area contributed by atoms with Gasteiger partial charge >= 0.3 is 0 Å². The number of nitrogens with one attached hydrogen (secondary N) is 1. The summed E-state index contributed by atoms with van der Waals surface area (Å²) in [6, 6.07) is 8.77. The molecule has 0 aliphatic heterocycles. The summed E-state index contributed by atoms with van der Waals surface area (Å²) in [6.07, 6.45) is 12.1. The van der Waals surface area contributed by atoms with Gasteiger partial charge in [-0.25, -0.2) is 9.97 Å². The van der Waals surface area contributed by atoms with E-state index < -0.39 is 0 Å². The van der Waals surface area contributed by atoms with Gasteiger partial charge in [-0.2, -0.15) is 0 Å². The number of benzene rings is 1. The predicted octanol–water partition coefficient (Wildman–Crippen LogP) is 5.15. The molecule has 0 saturated heterocycles. The molecule has 34 heavy (non-hydrogen) atoms. The zero-order valence-corrected chi connectivity index (χ0v) is 20.8. The zero-order valence-electron chi connectivity index (χ0n) is 20.8. The van der Waals surface area contributed by atoms with Crippen molar-refractivity contribution >= 4 is 11.0 Å². The quantitative estimate of drug-likeness (QED) is 0.281. The summed E-state index contributed by atoms with van der Waals surface area (Å²) in [5.74, 6) is 3.08. The van der Waals surface area contributed by atoms with Gasteiger partial charge in [-0.05, 0) is 62.7 Å². The smallest absolute Gasteiger partial charge is 0.134 e. The van der Waals surface area contributed by atoms with E-state index in [1.165, 1.54) is 36.9 Å². The van der Waals surface area contributed by atoms with Crippen molar-refractivity contribution in [3.05, 3.63) is 72.0 Å². The first-order chi connectivity index (χ1) is 16.6. The van der Waals surface area contributed by atoms with Gasteiger partial charge in [0, 0.05) is 50.2 Å². The van der Waals surface area contributed by atoms with Gasteiger partial charge in [-0.1, -0.05) is 19.9 Å². The number of aromatic amines is 1. The Morgan fingerprint density at radius 1 is 0.941 bits per heavy atom. The molecule has 0 radical (unpaired) electrons. The van der Waals surface area contributed by atoms with Crippen molar-refractivity contribution in [1.82, 2.24) is 29.3 Å². The van der Waals surface area contributed by atoms with Crippen LogP contribution in [0.1, 0.15) is 56.1 Å². The van der Waals surface area contributed by atoms with Crippen molar-refractivity contribution in [3.63, 3.8) is 0 Å². The van der Waals surface area contributed by atoms with Gasteiger partial charge in [0.25, 0.3) is 0 Å². The maximum atomic E-state index is 6.16. The Hall–Kier alpha value is -2.90. The normalized spacial score (nSPS) is 11.9. The summed E-state index contributed by atoms with van der Waals surface area (Å²) in [7, 11) is 2.04. The van der Waals surface area contributed by atoms with Crippen molar-refractivity contribution in [3.8, 4) is 0 Å². The molecular weight excluding hydrogens is 424 g/mol. The molecule has 0 unspecified atom stereocenters. The van der Waals surface area contributed by atoms with Gasteiger partial charge in [-0.3, -0.25) is 4.90 Å². The van der Waals surface area contributed by atoms with Gasteiger partial charge in [0.15, 0.2) is 0 Å². The molecule has 0 saturated carbocycles. The number of rotatable bonds is 14. The number of hydrogen-bond donors (Lipinski definition) is 1. The van der Waals surface area contributed by atoms with Gasteiger partial charge in [-0.15, -0.1) is 0 Å². The first kappa shape index (κ1) is 24.2. The van der Waals surface area contributed by atoms with Crippen LogP contribution in [0.3, 0.4) is 0 Å². The van der Waals surface area contributed by atoms with Crippen LogP contribution >= 0.6 is 0 Å². The van der Waals surface area contributed by atoms with Crippen LogP contribution in [0.2, 0.25) is 0 Å². The van der Waals surface area contributed by atoms with E-state index in [0.717, 1.165) is 62.0 Å². The van der Waals surface area contributed by atoms with Crippen molar-refractivity contribution in [2.45, 2.75) is 59.2 Å². The molecule has 4 aromatic rings. The summed E-state index contributed by atoms with van der Waals surface area (Å²) in [4.78, 5) is 17.1. The van der Waals surface area contributed by atoms with E-state index in [0.29, 0.717) is 0 Å². The third kappa shape index (κ3) is 6.58. The molecule has 182 valence electrons. The number of hydrogen-bond acceptors (Lipinski definition) is 5. The molecule has 3 aromatic heterocycles. The molecule has 1 aromatic carbocycles. The average molecular weight is 463 g/mol. The number of H-pyrrole nitrogens is 1. The summed E-state index contributed by atoms with van der Waals surface area (Å²) in [5.41, 5.74) is 2.23. The summed E-state index contributed by atoms with van der Waals surface area (Å²) in [5, 5.41) is 1.18. The van der Waals surface area contributed by atoms with Crippen molar-refractivity contribution < 1.29 is 4.42 Å². The number of fused-ring (bicyclic) bond motifs is 1. The second kappa shape index (κ2) is 12.0. The van der Waals surface area contributed by atoms with Crippen molar-refractivity contribution in [2.75, 3.05) is 19.6 Å². The molecule has 0 bridgehead atoms. The van der Waals surface area contributed by atoms with Crippen LogP contribution in [0.5, 0.6) is 0 Å².